The van der Waals surface area contributed by atoms with Crippen molar-refractivity contribution in [2.75, 3.05) is 20.3 Å². The molecule has 0 spiro atoms. The minimum Gasteiger partial charge on any atom is -0.349 e. The summed E-state index contributed by atoms with van der Waals surface area (Å²) in [5.74, 6) is -0.108. The van der Waals surface area contributed by atoms with Crippen LogP contribution in [-0.4, -0.2) is 40.9 Å². The number of nitrogens with zero attached hydrogens (tertiary/aromatic N) is 1. The summed E-state index contributed by atoms with van der Waals surface area (Å²) in [6, 6.07) is 0. The first-order valence-corrected chi connectivity index (χ1v) is 5.37. The lowest BCUT2D eigenvalue weighted by atomic mass is 10.3. The van der Waals surface area contributed by atoms with E-state index in [4.69, 9.17) is 9.79 Å². The van der Waals surface area contributed by atoms with E-state index in [9.17, 15) is 9.36 Å². The molecule has 72 valence electrons. The molecule has 0 saturated carbocycles. The first kappa shape index (κ1) is 11.6. The van der Waals surface area contributed by atoms with E-state index in [0.717, 1.165) is 0 Å². The highest BCUT2D eigenvalue weighted by atomic mass is 31.2. The highest BCUT2D eigenvalue weighted by Gasteiger charge is 2.13. The van der Waals surface area contributed by atoms with Crippen LogP contribution in [-0.2, 0) is 9.36 Å². The van der Waals surface area contributed by atoms with Crippen LogP contribution in [0.25, 0.3) is 0 Å². The Balaban J connectivity index is 3.58. The molecule has 0 fully saturated rings. The monoisotopic (exact) mass is 195 g/mol. The molecule has 0 aromatic rings. The molecule has 5 nitrogen and oxygen atoms in total. The molecule has 0 aromatic heterocycles. The molecule has 1 amide bonds. The van der Waals surface area contributed by atoms with Gasteiger partial charge in [0.1, 0.15) is 0 Å². The van der Waals surface area contributed by atoms with Crippen molar-refractivity contribution < 1.29 is 19.1 Å². The van der Waals surface area contributed by atoms with E-state index in [2.05, 4.69) is 0 Å². The van der Waals surface area contributed by atoms with Gasteiger partial charge in [0.05, 0.1) is 6.16 Å². The lowest BCUT2D eigenvalue weighted by Crippen LogP contribution is -2.21. The predicted molar refractivity (Wildman–Crippen MR) is 44.8 cm³/mol. The number of carbonyl (C=O) groups excluding carboxylic acids is 1. The van der Waals surface area contributed by atoms with E-state index in [0.29, 0.717) is 0 Å². The van der Waals surface area contributed by atoms with Crippen LogP contribution in [0.3, 0.4) is 0 Å². The summed E-state index contributed by atoms with van der Waals surface area (Å²) in [6.07, 6.45) is 0.214. The SMILES string of the molecule is CN(C)C(=O)CCCP(=O)(O)O. The first-order chi connectivity index (χ1) is 5.33. The van der Waals surface area contributed by atoms with Crippen LogP contribution in [0.1, 0.15) is 12.8 Å². The van der Waals surface area contributed by atoms with Crippen molar-refractivity contribution in [3.8, 4) is 0 Å². The van der Waals surface area contributed by atoms with Crippen LogP contribution in [0, 0.1) is 0 Å². The molecule has 2 N–H and O–H groups in total. The molecule has 0 aliphatic rings. The molecular formula is C6H14NO4P. The van der Waals surface area contributed by atoms with Crippen molar-refractivity contribution in [3.05, 3.63) is 0 Å². The molecule has 6 heteroatoms. The minimum absolute atomic E-state index is 0.108. The Morgan fingerprint density at radius 1 is 1.42 bits per heavy atom. The van der Waals surface area contributed by atoms with E-state index in [1.165, 1.54) is 4.90 Å². The van der Waals surface area contributed by atoms with Gasteiger partial charge >= 0.3 is 7.60 Å². The first-order valence-electron chi connectivity index (χ1n) is 3.57. The summed E-state index contributed by atoms with van der Waals surface area (Å²) in [4.78, 5) is 29.2. The van der Waals surface area contributed by atoms with E-state index in [1.54, 1.807) is 14.1 Å². The standard InChI is InChI=1S/C6H14NO4P/c1-7(2)6(8)4-3-5-12(9,10)11/h3-5H2,1-2H3,(H2,9,10,11). The normalized spacial score (nSPS) is 11.3. The molecule has 0 unspecified atom stereocenters. The molecule has 0 rings (SSSR count). The van der Waals surface area contributed by atoms with Gasteiger partial charge < -0.3 is 14.7 Å². The summed E-state index contributed by atoms with van der Waals surface area (Å²) in [6.45, 7) is 0. The van der Waals surface area contributed by atoms with Gasteiger partial charge in [-0.3, -0.25) is 9.36 Å². The van der Waals surface area contributed by atoms with Crippen molar-refractivity contribution in [1.82, 2.24) is 4.90 Å². The number of carbonyl (C=O) groups is 1. The van der Waals surface area contributed by atoms with Crippen molar-refractivity contribution in [2.45, 2.75) is 12.8 Å². The summed E-state index contributed by atoms with van der Waals surface area (Å²) in [5, 5.41) is 0. The molecule has 0 aliphatic carbocycles. The lowest BCUT2D eigenvalue weighted by Gasteiger charge is -2.09. The predicted octanol–water partition coefficient (Wildman–Crippen LogP) is 0.0325. The number of rotatable bonds is 4. The van der Waals surface area contributed by atoms with Gasteiger partial charge in [0.2, 0.25) is 5.91 Å². The average molecular weight is 195 g/mol. The maximum Gasteiger partial charge on any atom is 0.325 e. The Kier molecular flexibility index (Phi) is 4.45. The van der Waals surface area contributed by atoms with Crippen LogP contribution >= 0.6 is 7.60 Å². The topological polar surface area (TPSA) is 77.8 Å². The van der Waals surface area contributed by atoms with Crippen molar-refractivity contribution in [3.63, 3.8) is 0 Å². The smallest absolute Gasteiger partial charge is 0.325 e. The van der Waals surface area contributed by atoms with Gasteiger partial charge in [-0.15, -0.1) is 0 Å². The third-order valence-corrected chi connectivity index (χ3v) is 2.24. The van der Waals surface area contributed by atoms with E-state index >= 15 is 0 Å². The second-order valence-corrected chi connectivity index (χ2v) is 4.56. The van der Waals surface area contributed by atoms with Gasteiger partial charge in [-0.05, 0) is 6.42 Å². The largest absolute Gasteiger partial charge is 0.349 e. The number of hydrogen-bond acceptors (Lipinski definition) is 2. The van der Waals surface area contributed by atoms with Gasteiger partial charge in [0.15, 0.2) is 0 Å². The van der Waals surface area contributed by atoms with Crippen molar-refractivity contribution in [2.24, 2.45) is 0 Å². The van der Waals surface area contributed by atoms with E-state index in [-0.39, 0.29) is 24.9 Å². The van der Waals surface area contributed by atoms with Crippen molar-refractivity contribution >= 4 is 13.5 Å². The Labute approximate surface area is 71.5 Å². The molecule has 0 atom stereocenters. The lowest BCUT2D eigenvalue weighted by molar-refractivity contribution is -0.128. The minimum atomic E-state index is -3.92. The van der Waals surface area contributed by atoms with Crippen LogP contribution in [0.4, 0.5) is 0 Å². The Morgan fingerprint density at radius 3 is 2.25 bits per heavy atom. The zero-order valence-electron chi connectivity index (χ0n) is 7.23. The van der Waals surface area contributed by atoms with E-state index in [1.807, 2.05) is 0 Å². The number of hydrogen-bond donors (Lipinski definition) is 2. The van der Waals surface area contributed by atoms with Gasteiger partial charge in [0.25, 0.3) is 0 Å². The molecule has 0 aliphatic heterocycles. The van der Waals surface area contributed by atoms with Crippen LogP contribution in [0.5, 0.6) is 0 Å². The molecule has 0 radical (unpaired) electrons. The Hall–Kier alpha value is -0.380. The molecule has 0 saturated heterocycles. The zero-order chi connectivity index (χ0) is 9.78. The fourth-order valence-electron chi connectivity index (χ4n) is 0.660. The van der Waals surface area contributed by atoms with Gasteiger partial charge in [-0.1, -0.05) is 0 Å². The van der Waals surface area contributed by atoms with Crippen LogP contribution in [0.2, 0.25) is 0 Å². The summed E-state index contributed by atoms with van der Waals surface area (Å²) < 4.78 is 10.4. The Bertz CT molecular complexity index is 198. The highest BCUT2D eigenvalue weighted by molar-refractivity contribution is 7.51. The van der Waals surface area contributed by atoms with Crippen LogP contribution < -0.4 is 0 Å². The van der Waals surface area contributed by atoms with Gasteiger partial charge in [-0.2, -0.15) is 0 Å². The second-order valence-electron chi connectivity index (χ2n) is 2.78. The molecule has 0 heterocycles. The summed E-state index contributed by atoms with van der Waals surface area (Å²) in [5.41, 5.74) is 0. The third-order valence-electron chi connectivity index (χ3n) is 1.34. The quantitative estimate of drug-likeness (QED) is 0.620. The highest BCUT2D eigenvalue weighted by Crippen LogP contribution is 2.35. The van der Waals surface area contributed by atoms with E-state index < -0.39 is 7.60 Å². The number of amides is 1. The van der Waals surface area contributed by atoms with Gasteiger partial charge in [-0.25, -0.2) is 0 Å². The third kappa shape index (κ3) is 6.34. The summed E-state index contributed by atoms with van der Waals surface area (Å²) in [7, 11) is -0.701. The van der Waals surface area contributed by atoms with Gasteiger partial charge in [0, 0.05) is 20.5 Å². The maximum atomic E-state index is 10.9. The Morgan fingerprint density at radius 2 is 1.92 bits per heavy atom. The maximum absolute atomic E-state index is 10.9. The molecular weight excluding hydrogens is 181 g/mol. The molecule has 0 aromatic carbocycles. The summed E-state index contributed by atoms with van der Waals surface area (Å²) >= 11 is 0. The fourth-order valence-corrected chi connectivity index (χ4v) is 1.23. The molecule has 12 heavy (non-hydrogen) atoms. The molecule has 0 bridgehead atoms. The fraction of sp³-hybridized carbons (Fsp3) is 0.833. The van der Waals surface area contributed by atoms with Crippen molar-refractivity contribution in [1.29, 1.82) is 0 Å². The average Bonchev–Trinajstić information content (AvgIpc) is 1.84. The zero-order valence-corrected chi connectivity index (χ0v) is 8.12. The van der Waals surface area contributed by atoms with Crippen LogP contribution in [0.15, 0.2) is 0 Å². The second kappa shape index (κ2) is 4.60.